The predicted octanol–water partition coefficient (Wildman–Crippen LogP) is 0.821. The van der Waals surface area contributed by atoms with Crippen molar-refractivity contribution in [1.29, 1.82) is 0 Å². The molecule has 128 valence electrons. The molecule has 3 saturated heterocycles. The lowest BCUT2D eigenvalue weighted by atomic mass is 9.95. The third-order valence-electron chi connectivity index (χ3n) is 4.30. The zero-order valence-corrected chi connectivity index (χ0v) is 15.6. The Balaban J connectivity index is 1.65. The lowest BCUT2D eigenvalue weighted by Crippen LogP contribution is -2.48. The number of carbonyl (C=O) groups is 1. The molecule has 23 heavy (non-hydrogen) atoms. The highest BCUT2D eigenvalue weighted by atomic mass is 32.2. The average molecular weight is 377 g/mol. The third kappa shape index (κ3) is 4.04. The third-order valence-corrected chi connectivity index (χ3v) is 7.49. The first-order valence-electron chi connectivity index (χ1n) is 7.50. The topological polar surface area (TPSA) is 83.5 Å². The molecule has 2 atom stereocenters. The predicted molar refractivity (Wildman–Crippen MR) is 90.0 cm³/mol. The number of aromatic nitrogens is 2. The van der Waals surface area contributed by atoms with Gasteiger partial charge in [-0.3, -0.25) is 4.79 Å². The SMILES string of the molecule is Cc1nnc(SCC(=O)N2C[C@H]3CC[C@@H]2CN(S(C)(=O)=O)C3)s1. The van der Waals surface area contributed by atoms with Crippen molar-refractivity contribution in [2.45, 2.75) is 30.1 Å². The highest BCUT2D eigenvalue weighted by Gasteiger charge is 2.39. The normalized spacial score (nSPS) is 25.6. The number of hydrogen-bond donors (Lipinski definition) is 0. The summed E-state index contributed by atoms with van der Waals surface area (Å²) in [6.45, 7) is 3.49. The van der Waals surface area contributed by atoms with Crippen LogP contribution in [-0.4, -0.2) is 71.4 Å². The Kier molecular flexibility index (Phi) is 4.96. The summed E-state index contributed by atoms with van der Waals surface area (Å²) < 4.78 is 26.0. The molecular weight excluding hydrogens is 356 g/mol. The van der Waals surface area contributed by atoms with Gasteiger partial charge in [-0.05, 0) is 25.7 Å². The van der Waals surface area contributed by atoms with E-state index in [9.17, 15) is 13.2 Å². The number of aryl methyl sites for hydroxylation is 1. The van der Waals surface area contributed by atoms with Crippen molar-refractivity contribution in [3.05, 3.63) is 5.01 Å². The van der Waals surface area contributed by atoms with Gasteiger partial charge in [-0.15, -0.1) is 10.2 Å². The van der Waals surface area contributed by atoms with Gasteiger partial charge in [-0.25, -0.2) is 8.42 Å². The van der Waals surface area contributed by atoms with Crippen LogP contribution in [-0.2, 0) is 14.8 Å². The van der Waals surface area contributed by atoms with Gasteiger partial charge in [-0.2, -0.15) is 4.31 Å². The van der Waals surface area contributed by atoms with Crippen LogP contribution >= 0.6 is 23.1 Å². The molecule has 1 aromatic rings. The molecule has 3 fully saturated rings. The monoisotopic (exact) mass is 376 g/mol. The number of thioether (sulfide) groups is 1. The molecule has 3 aliphatic rings. The van der Waals surface area contributed by atoms with E-state index >= 15 is 0 Å². The molecule has 0 saturated carbocycles. The molecule has 4 heterocycles. The van der Waals surface area contributed by atoms with Crippen molar-refractivity contribution in [3.8, 4) is 0 Å². The van der Waals surface area contributed by atoms with E-state index < -0.39 is 10.0 Å². The molecule has 0 N–H and O–H groups in total. The van der Waals surface area contributed by atoms with E-state index in [2.05, 4.69) is 10.2 Å². The molecule has 0 unspecified atom stereocenters. The van der Waals surface area contributed by atoms with Gasteiger partial charge in [0.1, 0.15) is 5.01 Å². The fraction of sp³-hybridized carbons (Fsp3) is 0.769. The zero-order valence-electron chi connectivity index (χ0n) is 13.1. The molecule has 0 spiro atoms. The van der Waals surface area contributed by atoms with Crippen LogP contribution in [0.15, 0.2) is 4.34 Å². The van der Waals surface area contributed by atoms with Crippen molar-refractivity contribution < 1.29 is 13.2 Å². The van der Waals surface area contributed by atoms with Crippen LogP contribution in [0.5, 0.6) is 0 Å². The van der Waals surface area contributed by atoms with E-state index in [0.717, 1.165) is 22.2 Å². The van der Waals surface area contributed by atoms with Gasteiger partial charge in [0.2, 0.25) is 15.9 Å². The number of nitrogens with zero attached hydrogens (tertiary/aromatic N) is 4. The highest BCUT2D eigenvalue weighted by Crippen LogP contribution is 2.30. The van der Waals surface area contributed by atoms with Crippen molar-refractivity contribution in [2.24, 2.45) is 5.92 Å². The van der Waals surface area contributed by atoms with Crippen molar-refractivity contribution >= 4 is 39.0 Å². The Morgan fingerprint density at radius 1 is 1.30 bits per heavy atom. The lowest BCUT2D eigenvalue weighted by Gasteiger charge is -2.36. The summed E-state index contributed by atoms with van der Waals surface area (Å²) >= 11 is 2.89. The standard InChI is InChI=1S/C13H20N4O3S3/c1-9-14-15-13(22-9)21-8-12(18)17-6-10-3-4-11(17)7-16(5-10)23(2,19)20/h10-11H,3-8H2,1-2H3/t10-,11+/m0/s1. The van der Waals surface area contributed by atoms with Crippen LogP contribution in [0.2, 0.25) is 0 Å². The van der Waals surface area contributed by atoms with E-state index in [0.29, 0.717) is 25.4 Å². The Labute approximate surface area is 144 Å². The quantitative estimate of drug-likeness (QED) is 0.724. The summed E-state index contributed by atoms with van der Waals surface area (Å²) in [4.78, 5) is 14.4. The van der Waals surface area contributed by atoms with Crippen molar-refractivity contribution in [3.63, 3.8) is 0 Å². The van der Waals surface area contributed by atoms with Crippen LogP contribution in [0.25, 0.3) is 0 Å². The Bertz CT molecular complexity index is 690. The Hall–Kier alpha value is -0.710. The molecule has 0 aliphatic carbocycles. The van der Waals surface area contributed by atoms with Gasteiger partial charge in [0, 0.05) is 25.7 Å². The number of carbonyl (C=O) groups excluding carboxylic acids is 1. The molecular formula is C13H20N4O3S3. The minimum absolute atomic E-state index is 0.00673. The first kappa shape index (κ1) is 17.1. The highest BCUT2D eigenvalue weighted by molar-refractivity contribution is 8.01. The van der Waals surface area contributed by atoms with Gasteiger partial charge in [0.25, 0.3) is 0 Å². The van der Waals surface area contributed by atoms with E-state index in [1.807, 2.05) is 11.8 Å². The smallest absolute Gasteiger partial charge is 0.233 e. The molecule has 0 aromatic carbocycles. The molecule has 7 nitrogen and oxygen atoms in total. The first-order chi connectivity index (χ1) is 10.8. The second-order valence-electron chi connectivity index (χ2n) is 6.10. The largest absolute Gasteiger partial charge is 0.337 e. The number of sulfonamides is 1. The summed E-state index contributed by atoms with van der Waals surface area (Å²) in [5.41, 5.74) is 0. The van der Waals surface area contributed by atoms with E-state index in [-0.39, 0.29) is 17.9 Å². The lowest BCUT2D eigenvalue weighted by molar-refractivity contribution is -0.132. The second kappa shape index (κ2) is 6.66. The number of hydrogen-bond acceptors (Lipinski definition) is 7. The van der Waals surface area contributed by atoms with Gasteiger partial charge in [-0.1, -0.05) is 23.1 Å². The first-order valence-corrected chi connectivity index (χ1v) is 11.2. The molecule has 2 bridgehead atoms. The van der Waals surface area contributed by atoms with E-state index in [4.69, 9.17) is 0 Å². The zero-order chi connectivity index (χ0) is 16.6. The minimum atomic E-state index is -3.20. The van der Waals surface area contributed by atoms with Crippen LogP contribution in [0.3, 0.4) is 0 Å². The average Bonchev–Trinajstić information content (AvgIpc) is 2.71. The maximum Gasteiger partial charge on any atom is 0.233 e. The molecule has 10 heteroatoms. The Morgan fingerprint density at radius 2 is 2.09 bits per heavy atom. The van der Waals surface area contributed by atoms with Crippen LogP contribution in [0.1, 0.15) is 17.8 Å². The number of amides is 1. The fourth-order valence-corrected chi connectivity index (χ4v) is 5.78. The van der Waals surface area contributed by atoms with E-state index in [1.165, 1.54) is 33.7 Å². The maximum absolute atomic E-state index is 12.6. The maximum atomic E-state index is 12.6. The molecule has 4 rings (SSSR count). The Morgan fingerprint density at radius 3 is 2.74 bits per heavy atom. The summed E-state index contributed by atoms with van der Waals surface area (Å²) in [7, 11) is -3.20. The van der Waals surface area contributed by atoms with Crippen LogP contribution < -0.4 is 0 Å². The number of rotatable bonds is 4. The number of fused-ring (bicyclic) bond motifs is 4. The van der Waals surface area contributed by atoms with Gasteiger partial charge in [0.15, 0.2) is 4.34 Å². The van der Waals surface area contributed by atoms with Gasteiger partial charge < -0.3 is 4.90 Å². The molecule has 1 amide bonds. The van der Waals surface area contributed by atoms with Gasteiger partial charge >= 0.3 is 0 Å². The number of piperidine rings is 1. The van der Waals surface area contributed by atoms with Crippen molar-refractivity contribution in [1.82, 2.24) is 19.4 Å². The molecule has 1 aromatic heterocycles. The van der Waals surface area contributed by atoms with Crippen LogP contribution in [0.4, 0.5) is 0 Å². The molecule has 3 aliphatic heterocycles. The van der Waals surface area contributed by atoms with Crippen LogP contribution in [0, 0.1) is 12.8 Å². The fourth-order valence-electron chi connectivity index (χ4n) is 3.16. The summed E-state index contributed by atoms with van der Waals surface area (Å²) in [6.07, 6.45) is 3.12. The van der Waals surface area contributed by atoms with E-state index in [1.54, 1.807) is 0 Å². The summed E-state index contributed by atoms with van der Waals surface area (Å²) in [5.74, 6) is 0.630. The minimum Gasteiger partial charge on any atom is -0.337 e. The summed E-state index contributed by atoms with van der Waals surface area (Å²) in [5, 5.41) is 8.85. The summed E-state index contributed by atoms with van der Waals surface area (Å²) in [6, 6.07) is -0.00673. The second-order valence-corrected chi connectivity index (χ2v) is 10.5. The molecule has 0 radical (unpaired) electrons. The van der Waals surface area contributed by atoms with Gasteiger partial charge in [0.05, 0.1) is 12.0 Å². The van der Waals surface area contributed by atoms with Crippen molar-refractivity contribution in [2.75, 3.05) is 31.6 Å².